The van der Waals surface area contributed by atoms with Crippen molar-refractivity contribution in [2.75, 3.05) is 11.5 Å². The Morgan fingerprint density at radius 3 is 2.20 bits per heavy atom. The molecule has 0 saturated carbocycles. The van der Waals surface area contributed by atoms with E-state index in [2.05, 4.69) is 6.58 Å². The van der Waals surface area contributed by atoms with E-state index in [1.165, 1.54) is 0 Å². The van der Waals surface area contributed by atoms with E-state index < -0.39 is 9.84 Å². The first-order chi connectivity index (χ1) is 4.64. The smallest absolute Gasteiger partial charge is 0.150 e. The van der Waals surface area contributed by atoms with Crippen LogP contribution < -0.4 is 0 Å². The van der Waals surface area contributed by atoms with E-state index in [0.717, 1.165) is 12.8 Å². The molecule has 1 heterocycles. The molecule has 0 aromatic rings. The van der Waals surface area contributed by atoms with Crippen LogP contribution in [-0.4, -0.2) is 19.9 Å². The number of hydrogen-bond donors (Lipinski definition) is 0. The fourth-order valence-corrected chi connectivity index (χ4v) is 2.67. The molecule has 3 heteroatoms. The first-order valence-corrected chi connectivity index (χ1v) is 5.29. The van der Waals surface area contributed by atoms with Crippen molar-refractivity contribution in [1.82, 2.24) is 0 Å². The van der Waals surface area contributed by atoms with Crippen LogP contribution in [0.5, 0.6) is 0 Å². The van der Waals surface area contributed by atoms with Gasteiger partial charge >= 0.3 is 0 Å². The maximum absolute atomic E-state index is 10.9. The maximum Gasteiger partial charge on any atom is 0.150 e. The van der Waals surface area contributed by atoms with E-state index in [-0.39, 0.29) is 0 Å². The van der Waals surface area contributed by atoms with Crippen molar-refractivity contribution in [3.8, 4) is 0 Å². The first-order valence-electron chi connectivity index (χ1n) is 3.47. The Hall–Kier alpha value is -0.310. The van der Waals surface area contributed by atoms with Crippen LogP contribution in [0.3, 0.4) is 0 Å². The summed E-state index contributed by atoms with van der Waals surface area (Å²) >= 11 is 0. The summed E-state index contributed by atoms with van der Waals surface area (Å²) in [5, 5.41) is 0. The zero-order valence-corrected chi connectivity index (χ0v) is 6.73. The molecule has 0 N–H and O–H groups in total. The summed E-state index contributed by atoms with van der Waals surface area (Å²) in [5.41, 5.74) is 0. The molecule has 0 unspecified atom stereocenters. The standard InChI is InChI=1S/C7H12O2S/c1-2-7-3-5-10(8,9)6-4-7/h2,7H,1,3-6H2. The molecule has 0 amide bonds. The molecule has 2 nitrogen and oxygen atoms in total. The van der Waals surface area contributed by atoms with E-state index in [0.29, 0.717) is 17.4 Å². The zero-order valence-electron chi connectivity index (χ0n) is 5.91. The summed E-state index contributed by atoms with van der Waals surface area (Å²) in [6.45, 7) is 3.64. The summed E-state index contributed by atoms with van der Waals surface area (Å²) < 4.78 is 21.8. The number of rotatable bonds is 1. The van der Waals surface area contributed by atoms with Gasteiger partial charge in [-0.25, -0.2) is 8.42 Å². The lowest BCUT2D eigenvalue weighted by atomic mass is 10.0. The Morgan fingerprint density at radius 1 is 1.30 bits per heavy atom. The normalized spacial score (nSPS) is 26.0. The largest absolute Gasteiger partial charge is 0.229 e. The highest BCUT2D eigenvalue weighted by Crippen LogP contribution is 2.18. The van der Waals surface area contributed by atoms with Crippen LogP contribution in [0, 0.1) is 5.92 Å². The van der Waals surface area contributed by atoms with Crippen LogP contribution in [0.4, 0.5) is 0 Å². The molecule has 0 spiro atoms. The average Bonchev–Trinajstić information content (AvgIpc) is 1.88. The summed E-state index contributed by atoms with van der Waals surface area (Å²) in [5.74, 6) is 1.14. The van der Waals surface area contributed by atoms with Gasteiger partial charge < -0.3 is 0 Å². The van der Waals surface area contributed by atoms with Gasteiger partial charge in [-0.1, -0.05) is 6.08 Å². The Kier molecular flexibility index (Phi) is 2.14. The van der Waals surface area contributed by atoms with Gasteiger partial charge in [-0.3, -0.25) is 0 Å². The van der Waals surface area contributed by atoms with Crippen molar-refractivity contribution >= 4 is 9.84 Å². The third kappa shape index (κ3) is 1.84. The molecule has 0 radical (unpaired) electrons. The maximum atomic E-state index is 10.9. The molecule has 10 heavy (non-hydrogen) atoms. The van der Waals surface area contributed by atoms with Crippen LogP contribution in [0.15, 0.2) is 12.7 Å². The molecule has 1 fully saturated rings. The minimum atomic E-state index is -2.67. The van der Waals surface area contributed by atoms with E-state index >= 15 is 0 Å². The van der Waals surface area contributed by atoms with Gasteiger partial charge in [-0.2, -0.15) is 0 Å². The predicted octanol–water partition coefficient (Wildman–Crippen LogP) is 0.997. The average molecular weight is 160 g/mol. The third-order valence-electron chi connectivity index (χ3n) is 1.93. The molecule has 1 aliphatic rings. The molecular formula is C7H12O2S. The second kappa shape index (κ2) is 2.74. The van der Waals surface area contributed by atoms with Gasteiger partial charge in [-0.05, 0) is 18.8 Å². The zero-order chi connectivity index (χ0) is 7.61. The van der Waals surface area contributed by atoms with E-state index in [1.807, 2.05) is 6.08 Å². The van der Waals surface area contributed by atoms with Crippen molar-refractivity contribution in [1.29, 1.82) is 0 Å². The van der Waals surface area contributed by atoms with E-state index in [9.17, 15) is 8.42 Å². The molecule has 0 aromatic heterocycles. The number of sulfone groups is 1. The second-order valence-electron chi connectivity index (χ2n) is 2.72. The number of allylic oxidation sites excluding steroid dienone is 1. The Morgan fingerprint density at radius 2 is 1.80 bits per heavy atom. The first kappa shape index (κ1) is 7.79. The van der Waals surface area contributed by atoms with Gasteiger partial charge in [0.2, 0.25) is 0 Å². The molecule has 0 atom stereocenters. The molecule has 1 rings (SSSR count). The monoisotopic (exact) mass is 160 g/mol. The van der Waals surface area contributed by atoms with Gasteiger partial charge in [0.05, 0.1) is 11.5 Å². The molecular weight excluding hydrogens is 148 g/mol. The lowest BCUT2D eigenvalue weighted by Crippen LogP contribution is -2.21. The summed E-state index contributed by atoms with van der Waals surface area (Å²) in [7, 11) is -2.67. The Balaban J connectivity index is 2.54. The van der Waals surface area contributed by atoms with Crippen LogP contribution in [-0.2, 0) is 9.84 Å². The predicted molar refractivity (Wildman–Crippen MR) is 41.6 cm³/mol. The second-order valence-corrected chi connectivity index (χ2v) is 5.03. The van der Waals surface area contributed by atoms with Crippen LogP contribution in [0.1, 0.15) is 12.8 Å². The quantitative estimate of drug-likeness (QED) is 0.536. The lowest BCUT2D eigenvalue weighted by Gasteiger charge is -2.17. The van der Waals surface area contributed by atoms with Crippen molar-refractivity contribution in [2.45, 2.75) is 12.8 Å². The molecule has 58 valence electrons. The van der Waals surface area contributed by atoms with Crippen LogP contribution in [0.25, 0.3) is 0 Å². The van der Waals surface area contributed by atoms with Gasteiger partial charge in [0.15, 0.2) is 0 Å². The van der Waals surface area contributed by atoms with Crippen LogP contribution >= 0.6 is 0 Å². The van der Waals surface area contributed by atoms with Crippen LogP contribution in [0.2, 0.25) is 0 Å². The highest BCUT2D eigenvalue weighted by Gasteiger charge is 2.20. The SMILES string of the molecule is C=CC1CCS(=O)(=O)CC1. The van der Waals surface area contributed by atoms with Gasteiger partial charge in [0.25, 0.3) is 0 Å². The van der Waals surface area contributed by atoms with E-state index in [1.54, 1.807) is 0 Å². The van der Waals surface area contributed by atoms with Gasteiger partial charge in [0, 0.05) is 0 Å². The Bertz CT molecular complexity index is 202. The summed E-state index contributed by atoms with van der Waals surface area (Å²) in [6.07, 6.45) is 3.40. The molecule has 0 aromatic carbocycles. The van der Waals surface area contributed by atoms with Crippen molar-refractivity contribution in [3.05, 3.63) is 12.7 Å². The molecule has 1 aliphatic heterocycles. The third-order valence-corrected chi connectivity index (χ3v) is 3.65. The van der Waals surface area contributed by atoms with Gasteiger partial charge in [-0.15, -0.1) is 6.58 Å². The number of hydrogen-bond acceptors (Lipinski definition) is 2. The minimum Gasteiger partial charge on any atom is -0.229 e. The summed E-state index contributed by atoms with van der Waals surface area (Å²) in [6, 6.07) is 0. The van der Waals surface area contributed by atoms with Crippen molar-refractivity contribution in [3.63, 3.8) is 0 Å². The van der Waals surface area contributed by atoms with Crippen molar-refractivity contribution in [2.24, 2.45) is 5.92 Å². The molecule has 0 aliphatic carbocycles. The summed E-state index contributed by atoms with van der Waals surface area (Å²) in [4.78, 5) is 0. The fourth-order valence-electron chi connectivity index (χ4n) is 1.14. The van der Waals surface area contributed by atoms with Crippen molar-refractivity contribution < 1.29 is 8.42 Å². The minimum absolute atomic E-state index is 0.351. The highest BCUT2D eigenvalue weighted by atomic mass is 32.2. The lowest BCUT2D eigenvalue weighted by molar-refractivity contribution is 0.535. The molecule has 0 bridgehead atoms. The Labute approximate surface area is 61.9 Å². The van der Waals surface area contributed by atoms with Gasteiger partial charge in [0.1, 0.15) is 9.84 Å². The highest BCUT2D eigenvalue weighted by molar-refractivity contribution is 7.91. The van der Waals surface area contributed by atoms with E-state index in [4.69, 9.17) is 0 Å². The topological polar surface area (TPSA) is 34.1 Å². The molecule has 1 saturated heterocycles. The fraction of sp³-hybridized carbons (Fsp3) is 0.714.